The van der Waals surface area contributed by atoms with Gasteiger partial charge in [0, 0.05) is 68.8 Å². The molecule has 0 bridgehead atoms. The highest BCUT2D eigenvalue weighted by Crippen LogP contribution is 2.43. The smallest absolute Gasteiger partial charge is 0.416 e. The van der Waals surface area contributed by atoms with Crippen molar-refractivity contribution in [3.8, 4) is 23.0 Å². The number of aliphatic hydroxyl groups excluding tert-OH is 1. The summed E-state index contributed by atoms with van der Waals surface area (Å²) in [5, 5.41) is 22.7. The number of aliphatic hydroxyl groups is 1. The maximum absolute atomic E-state index is 14.3. The molecule has 5 heterocycles. The number of carbonyl (C=O) groups is 9. The van der Waals surface area contributed by atoms with Crippen molar-refractivity contribution < 1.29 is 71.9 Å². The van der Waals surface area contributed by atoms with Crippen molar-refractivity contribution in [1.82, 2.24) is 30.7 Å². The normalized spacial score (nSPS) is 18.3. The number of rotatable bonds is 28. The van der Waals surface area contributed by atoms with Crippen LogP contribution in [0.4, 0.5) is 26.7 Å². The van der Waals surface area contributed by atoms with Crippen LogP contribution in [0.3, 0.4) is 0 Å². The second kappa shape index (κ2) is 29.2. The summed E-state index contributed by atoms with van der Waals surface area (Å²) in [4.78, 5) is 128. The van der Waals surface area contributed by atoms with Gasteiger partial charge in [-0.15, -0.1) is 0 Å². The summed E-state index contributed by atoms with van der Waals surface area (Å²) < 4.78 is 29.5. The lowest BCUT2D eigenvalue weighted by Gasteiger charge is -2.31. The first-order valence-corrected chi connectivity index (χ1v) is 29.1. The molecule has 0 aromatic heterocycles. The Morgan fingerprint density at radius 2 is 1.38 bits per heavy atom. The van der Waals surface area contributed by atoms with Gasteiger partial charge >= 0.3 is 12.1 Å². The van der Waals surface area contributed by atoms with Gasteiger partial charge in [0.2, 0.25) is 17.7 Å². The number of nitrogens with zero attached hydrogens (tertiary/aromatic N) is 5. The second-order valence-electron chi connectivity index (χ2n) is 22.3. The van der Waals surface area contributed by atoms with Crippen LogP contribution in [0.5, 0.6) is 23.0 Å². The van der Waals surface area contributed by atoms with Gasteiger partial charge in [-0.1, -0.05) is 56.7 Å². The number of benzene rings is 3. The summed E-state index contributed by atoms with van der Waals surface area (Å²) in [6.07, 6.45) is 6.38. The van der Waals surface area contributed by atoms with Crippen LogP contribution < -0.4 is 50.8 Å². The number of hydrogen-bond acceptors (Lipinski definition) is 16. The van der Waals surface area contributed by atoms with Gasteiger partial charge in [-0.05, 0) is 93.5 Å². The molecule has 0 aliphatic carbocycles. The summed E-state index contributed by atoms with van der Waals surface area (Å²) >= 11 is 0. The SMILES string of the molecule is C=C1C[C@H]2C=Nc3cc(OCCCCCOc4cc5c(cc4OC)C(=O)N4CC(=C)C[C@H]4[C@H](O)N5C(=O)OCc4ccc(NC(=O)C(CCCNC(N)=O)NC(=O)C(NC(=O)CCCCCN5C(=O)C=CC5=O)C(C)C)cc4)c(OC)cc3C(=O)N2C1. The van der Waals surface area contributed by atoms with Crippen LogP contribution >= 0.6 is 0 Å². The lowest BCUT2D eigenvalue weighted by Crippen LogP contribution is -2.54. The minimum atomic E-state index is -1.56. The van der Waals surface area contributed by atoms with Crippen molar-refractivity contribution in [3.05, 3.63) is 102 Å². The number of ether oxygens (including phenoxy) is 5. The van der Waals surface area contributed by atoms with Crippen LogP contribution in [0, 0.1) is 5.92 Å². The summed E-state index contributed by atoms with van der Waals surface area (Å²) in [5.41, 5.74) is 8.76. The first kappa shape index (κ1) is 63.8. The zero-order chi connectivity index (χ0) is 62.5. The molecule has 5 aliphatic heterocycles. The maximum Gasteiger partial charge on any atom is 0.416 e. The van der Waals surface area contributed by atoms with E-state index in [1.54, 1.807) is 61.4 Å². The van der Waals surface area contributed by atoms with Gasteiger partial charge in [-0.2, -0.15) is 0 Å². The van der Waals surface area contributed by atoms with E-state index in [1.165, 1.54) is 43.4 Å². The van der Waals surface area contributed by atoms with E-state index in [0.29, 0.717) is 97.7 Å². The summed E-state index contributed by atoms with van der Waals surface area (Å²) in [6, 6.07) is 8.79. The molecule has 25 nitrogen and oxygen atoms in total. The Bertz CT molecular complexity index is 3200. The molecule has 0 radical (unpaired) electrons. The third-order valence-corrected chi connectivity index (χ3v) is 15.5. The number of nitrogens with two attached hydrogens (primary N) is 1. The van der Waals surface area contributed by atoms with E-state index in [9.17, 15) is 48.3 Å². The molecule has 0 saturated carbocycles. The standard InChI is InChI=1S/C62H76N10O15/c1-36(2)55(68-52(73)15-9-7-10-23-69-53(74)20-21-54(69)75)57(77)67-44(14-13-22-64-61(63)81)56(76)66-40-18-16-39(17-19-40)35-87-62(82)72-46-31-51(49(84-6)29-43(46)59(79)71-34-38(4)27-47(71)60(72)80)86-25-12-8-11-24-85-50-30-45-42(28-48(50)83-5)58(78)70-33-37(3)26-41(70)32-65-45/h16-21,28-32,36,41,44,47,55,60,80H,3-4,7-15,22-27,33-35H2,1-2,5-6H3,(H,66,76)(H,67,77)(H,68,73)(H3,63,64,81)/t41-,44?,47-,55?,60-/m0/s1. The number of amides is 10. The monoisotopic (exact) mass is 1200 g/mol. The zero-order valence-electron chi connectivity index (χ0n) is 49.4. The predicted octanol–water partition coefficient (Wildman–Crippen LogP) is 5.56. The van der Waals surface area contributed by atoms with Crippen LogP contribution in [0.2, 0.25) is 0 Å². The Morgan fingerprint density at radius 1 is 0.747 bits per heavy atom. The van der Waals surface area contributed by atoms with E-state index in [4.69, 9.17) is 29.4 Å². The molecule has 87 heavy (non-hydrogen) atoms. The highest BCUT2D eigenvalue weighted by Gasteiger charge is 2.46. The Kier molecular flexibility index (Phi) is 21.4. The van der Waals surface area contributed by atoms with Crippen LogP contribution in [0.25, 0.3) is 0 Å². The third-order valence-electron chi connectivity index (χ3n) is 15.5. The minimum Gasteiger partial charge on any atom is -0.493 e. The number of nitrogens with one attached hydrogen (secondary N) is 4. The van der Waals surface area contributed by atoms with E-state index >= 15 is 0 Å². The number of imide groups is 1. The molecule has 3 aromatic carbocycles. The number of fused-ring (bicyclic) bond motifs is 4. The first-order chi connectivity index (χ1) is 41.7. The number of hydrogen-bond donors (Lipinski definition) is 6. The molecule has 2 saturated heterocycles. The highest BCUT2D eigenvalue weighted by atomic mass is 16.6. The number of primary amides is 1. The molecule has 0 spiro atoms. The Labute approximate surface area is 504 Å². The van der Waals surface area contributed by atoms with Crippen molar-refractivity contribution in [1.29, 1.82) is 0 Å². The molecule has 464 valence electrons. The van der Waals surface area contributed by atoms with Gasteiger partial charge in [-0.25, -0.2) is 14.5 Å². The van der Waals surface area contributed by atoms with E-state index in [-0.39, 0.29) is 117 Å². The van der Waals surface area contributed by atoms with Crippen LogP contribution in [-0.4, -0.2) is 164 Å². The topological polar surface area (TPSA) is 319 Å². The van der Waals surface area contributed by atoms with Crippen molar-refractivity contribution in [2.24, 2.45) is 16.6 Å². The molecule has 5 atom stereocenters. The van der Waals surface area contributed by atoms with Gasteiger partial charge in [0.15, 0.2) is 29.2 Å². The number of carbonyl (C=O) groups excluding carboxylic acids is 9. The second-order valence-corrected chi connectivity index (χ2v) is 22.3. The van der Waals surface area contributed by atoms with E-state index < -0.39 is 54.2 Å². The van der Waals surface area contributed by atoms with Gasteiger partial charge in [0.1, 0.15) is 18.7 Å². The van der Waals surface area contributed by atoms with Crippen LogP contribution in [0.1, 0.15) is 111 Å². The van der Waals surface area contributed by atoms with Crippen molar-refractivity contribution in [2.45, 2.75) is 121 Å². The van der Waals surface area contributed by atoms with Crippen molar-refractivity contribution in [3.63, 3.8) is 0 Å². The molecule has 8 rings (SSSR count). The molecular weight excluding hydrogens is 1120 g/mol. The third kappa shape index (κ3) is 15.8. The van der Waals surface area contributed by atoms with Gasteiger partial charge in [0.25, 0.3) is 23.6 Å². The molecule has 10 amide bonds. The molecule has 5 aliphatic rings. The molecule has 2 fully saturated rings. The summed E-state index contributed by atoms with van der Waals surface area (Å²) in [7, 11) is 2.94. The average Bonchev–Trinajstić information content (AvgIpc) is 1.70. The lowest BCUT2D eigenvalue weighted by molar-refractivity contribution is -0.137. The molecule has 3 aromatic rings. The Morgan fingerprint density at radius 3 is 2.05 bits per heavy atom. The van der Waals surface area contributed by atoms with E-state index in [0.717, 1.165) is 15.4 Å². The van der Waals surface area contributed by atoms with E-state index in [1.807, 2.05) is 0 Å². The maximum atomic E-state index is 14.3. The quantitative estimate of drug-likeness (QED) is 0.0294. The fourth-order valence-corrected chi connectivity index (χ4v) is 10.9. The number of unbranched alkanes of at least 4 members (excludes halogenated alkanes) is 4. The van der Waals surface area contributed by atoms with Crippen LogP contribution in [0.15, 0.2) is 90.0 Å². The first-order valence-electron chi connectivity index (χ1n) is 29.1. The highest BCUT2D eigenvalue weighted by molar-refractivity contribution is 6.13. The largest absolute Gasteiger partial charge is 0.493 e. The minimum absolute atomic E-state index is 0.0401. The van der Waals surface area contributed by atoms with Crippen LogP contribution in [-0.2, 0) is 35.3 Å². The molecule has 7 N–H and O–H groups in total. The Balaban J connectivity index is 0.864. The average molecular weight is 1200 g/mol. The van der Waals surface area contributed by atoms with Crippen molar-refractivity contribution in [2.75, 3.05) is 63.8 Å². The Hall–Kier alpha value is -9.26. The predicted molar refractivity (Wildman–Crippen MR) is 320 cm³/mol. The zero-order valence-corrected chi connectivity index (χ0v) is 49.4. The van der Waals surface area contributed by atoms with Gasteiger partial charge in [-0.3, -0.25) is 43.5 Å². The molecular formula is C62H76N10O15. The van der Waals surface area contributed by atoms with Gasteiger partial charge < -0.3 is 65.6 Å². The summed E-state index contributed by atoms with van der Waals surface area (Å²) in [5.74, 6) is -2.00. The lowest BCUT2D eigenvalue weighted by atomic mass is 10.0. The number of anilines is 2. The molecule has 25 heteroatoms. The van der Waals surface area contributed by atoms with Crippen molar-refractivity contribution >= 4 is 76.8 Å². The van der Waals surface area contributed by atoms with E-state index in [2.05, 4.69) is 39.4 Å². The number of methoxy groups -OCH3 is 2. The fraction of sp³-hybridized carbons (Fsp3) is 0.452. The molecule has 2 unspecified atom stereocenters. The number of aliphatic imine (C=N–C) groups is 1. The summed E-state index contributed by atoms with van der Waals surface area (Å²) in [6.45, 7) is 12.8. The fourth-order valence-electron chi connectivity index (χ4n) is 10.9. The number of urea groups is 1. The van der Waals surface area contributed by atoms with Gasteiger partial charge in [0.05, 0.1) is 62.0 Å².